The number of nitro benzene ring substituents is 1. The van der Waals surface area contributed by atoms with Crippen LogP contribution in [0.1, 0.15) is 23.2 Å². The lowest BCUT2D eigenvalue weighted by Gasteiger charge is -2.16. The molecule has 1 unspecified atom stereocenters. The van der Waals surface area contributed by atoms with E-state index in [1.165, 1.54) is 4.90 Å². The second kappa shape index (κ2) is 6.13. The standard InChI is InChI=1S/C13H14F2N2O4/c14-10-6-12(17(20)21)11(15)5-9(10)13(19)16-3-1-8(7-16)2-4-18/h5-6,8,18H,1-4,7H2. The average Bonchev–Trinajstić information content (AvgIpc) is 2.89. The molecule has 1 aromatic rings. The van der Waals surface area contributed by atoms with Gasteiger partial charge in [0.1, 0.15) is 5.82 Å². The normalized spacial score (nSPS) is 18.0. The zero-order valence-corrected chi connectivity index (χ0v) is 11.1. The van der Waals surface area contributed by atoms with E-state index in [2.05, 4.69) is 0 Å². The van der Waals surface area contributed by atoms with E-state index < -0.39 is 33.7 Å². The van der Waals surface area contributed by atoms with Crippen LogP contribution in [0.2, 0.25) is 0 Å². The molecule has 0 bridgehead atoms. The Morgan fingerprint density at radius 3 is 2.76 bits per heavy atom. The van der Waals surface area contributed by atoms with E-state index in [4.69, 9.17) is 5.11 Å². The zero-order valence-electron chi connectivity index (χ0n) is 11.1. The van der Waals surface area contributed by atoms with Gasteiger partial charge in [0.2, 0.25) is 5.82 Å². The van der Waals surface area contributed by atoms with E-state index in [1.54, 1.807) is 0 Å². The molecule has 114 valence electrons. The number of hydrogen-bond donors (Lipinski definition) is 1. The van der Waals surface area contributed by atoms with E-state index in [0.29, 0.717) is 38.1 Å². The van der Waals surface area contributed by atoms with Crippen LogP contribution in [0.3, 0.4) is 0 Å². The van der Waals surface area contributed by atoms with Crippen molar-refractivity contribution in [3.8, 4) is 0 Å². The molecule has 1 aromatic carbocycles. The Hall–Kier alpha value is -2.09. The molecule has 0 spiro atoms. The third-order valence-corrected chi connectivity index (χ3v) is 3.57. The predicted octanol–water partition coefficient (Wildman–Crippen LogP) is 1.72. The van der Waals surface area contributed by atoms with Crippen molar-refractivity contribution in [1.29, 1.82) is 0 Å². The number of carbonyl (C=O) groups excluding carboxylic acids is 1. The topological polar surface area (TPSA) is 83.7 Å². The molecule has 1 saturated heterocycles. The number of aliphatic hydroxyl groups excluding tert-OH is 1. The summed E-state index contributed by atoms with van der Waals surface area (Å²) in [5.41, 5.74) is -1.51. The Labute approximate surface area is 119 Å². The van der Waals surface area contributed by atoms with Gasteiger partial charge < -0.3 is 10.0 Å². The molecule has 0 radical (unpaired) electrons. The van der Waals surface area contributed by atoms with Crippen molar-refractivity contribution in [2.24, 2.45) is 5.92 Å². The SMILES string of the molecule is O=C(c1cc(F)c([N+](=O)[O-])cc1F)N1CCC(CCO)C1. The van der Waals surface area contributed by atoms with Gasteiger partial charge in [0.15, 0.2) is 0 Å². The third kappa shape index (κ3) is 3.15. The molecular formula is C13H14F2N2O4. The summed E-state index contributed by atoms with van der Waals surface area (Å²) in [5, 5.41) is 19.4. The van der Waals surface area contributed by atoms with Crippen molar-refractivity contribution in [3.05, 3.63) is 39.4 Å². The molecule has 1 aliphatic heterocycles. The molecule has 1 heterocycles. The molecule has 1 N–H and O–H groups in total. The van der Waals surface area contributed by atoms with E-state index in [0.717, 1.165) is 0 Å². The largest absolute Gasteiger partial charge is 0.396 e. The van der Waals surface area contributed by atoms with Gasteiger partial charge in [-0.3, -0.25) is 14.9 Å². The molecule has 2 rings (SSSR count). The van der Waals surface area contributed by atoms with Crippen LogP contribution < -0.4 is 0 Å². The molecule has 1 fully saturated rings. The predicted molar refractivity (Wildman–Crippen MR) is 68.7 cm³/mol. The molecular weight excluding hydrogens is 286 g/mol. The first-order chi connectivity index (χ1) is 9.93. The van der Waals surface area contributed by atoms with Crippen molar-refractivity contribution in [2.75, 3.05) is 19.7 Å². The summed E-state index contributed by atoms with van der Waals surface area (Å²) in [6, 6.07) is 0.985. The summed E-state index contributed by atoms with van der Waals surface area (Å²) in [6.07, 6.45) is 1.23. The van der Waals surface area contributed by atoms with Gasteiger partial charge in [0.05, 0.1) is 16.6 Å². The van der Waals surface area contributed by atoms with Crippen LogP contribution in [-0.4, -0.2) is 40.5 Å². The minimum atomic E-state index is -1.24. The van der Waals surface area contributed by atoms with Crippen LogP contribution in [-0.2, 0) is 0 Å². The van der Waals surface area contributed by atoms with Crippen LogP contribution in [0.15, 0.2) is 12.1 Å². The molecule has 1 aliphatic rings. The van der Waals surface area contributed by atoms with E-state index in [-0.39, 0.29) is 12.5 Å². The lowest BCUT2D eigenvalue weighted by Crippen LogP contribution is -2.29. The van der Waals surface area contributed by atoms with Crippen LogP contribution in [0.4, 0.5) is 14.5 Å². The highest BCUT2D eigenvalue weighted by Gasteiger charge is 2.30. The molecule has 1 atom stereocenters. The number of halogens is 2. The minimum absolute atomic E-state index is 0.00716. The average molecular weight is 300 g/mol. The first-order valence-electron chi connectivity index (χ1n) is 6.47. The van der Waals surface area contributed by atoms with Gasteiger partial charge in [-0.1, -0.05) is 0 Å². The maximum Gasteiger partial charge on any atom is 0.307 e. The first-order valence-corrected chi connectivity index (χ1v) is 6.47. The van der Waals surface area contributed by atoms with E-state index >= 15 is 0 Å². The minimum Gasteiger partial charge on any atom is -0.396 e. The van der Waals surface area contributed by atoms with Crippen LogP contribution >= 0.6 is 0 Å². The van der Waals surface area contributed by atoms with E-state index in [1.807, 2.05) is 0 Å². The molecule has 1 amide bonds. The molecule has 6 nitrogen and oxygen atoms in total. The molecule has 0 aliphatic carbocycles. The van der Waals surface area contributed by atoms with Gasteiger partial charge in [-0.15, -0.1) is 0 Å². The van der Waals surface area contributed by atoms with E-state index in [9.17, 15) is 23.7 Å². The number of amides is 1. The number of likely N-dealkylation sites (tertiary alicyclic amines) is 1. The van der Waals surface area contributed by atoms with Crippen molar-refractivity contribution < 1.29 is 23.6 Å². The number of rotatable bonds is 4. The maximum atomic E-state index is 13.8. The highest BCUT2D eigenvalue weighted by atomic mass is 19.1. The van der Waals surface area contributed by atoms with Crippen molar-refractivity contribution in [3.63, 3.8) is 0 Å². The van der Waals surface area contributed by atoms with Gasteiger partial charge in [-0.25, -0.2) is 4.39 Å². The Morgan fingerprint density at radius 1 is 1.43 bits per heavy atom. The van der Waals surface area contributed by atoms with Crippen LogP contribution in [0.25, 0.3) is 0 Å². The Bertz CT molecular complexity index is 580. The monoisotopic (exact) mass is 300 g/mol. The first kappa shape index (κ1) is 15.3. The van der Waals surface area contributed by atoms with Gasteiger partial charge in [-0.2, -0.15) is 4.39 Å². The molecule has 8 heteroatoms. The zero-order chi connectivity index (χ0) is 15.6. The number of hydrogen-bond acceptors (Lipinski definition) is 4. The highest BCUT2D eigenvalue weighted by molar-refractivity contribution is 5.95. The molecule has 21 heavy (non-hydrogen) atoms. The fourth-order valence-electron chi connectivity index (χ4n) is 2.45. The third-order valence-electron chi connectivity index (χ3n) is 3.57. The lowest BCUT2D eigenvalue weighted by atomic mass is 10.1. The summed E-state index contributed by atoms with van der Waals surface area (Å²) in [6.45, 7) is 0.756. The van der Waals surface area contributed by atoms with Crippen molar-refractivity contribution >= 4 is 11.6 Å². The number of carbonyl (C=O) groups is 1. The summed E-state index contributed by atoms with van der Waals surface area (Å²) in [5.74, 6) is -2.92. The Balaban J connectivity index is 2.21. The van der Waals surface area contributed by atoms with Gasteiger partial charge in [-0.05, 0) is 24.8 Å². The Kier molecular flexibility index (Phi) is 4.46. The summed E-state index contributed by atoms with van der Waals surface area (Å²) >= 11 is 0. The number of nitrogens with zero attached hydrogens (tertiary/aromatic N) is 2. The van der Waals surface area contributed by atoms with Crippen molar-refractivity contribution in [1.82, 2.24) is 4.90 Å². The summed E-state index contributed by atoms with van der Waals surface area (Å²) in [4.78, 5) is 23.0. The number of nitro groups is 1. The summed E-state index contributed by atoms with van der Waals surface area (Å²) in [7, 11) is 0. The molecule has 0 aromatic heterocycles. The Morgan fingerprint density at radius 2 is 2.14 bits per heavy atom. The fraction of sp³-hybridized carbons (Fsp3) is 0.462. The fourth-order valence-corrected chi connectivity index (χ4v) is 2.45. The second-order valence-corrected chi connectivity index (χ2v) is 4.96. The highest BCUT2D eigenvalue weighted by Crippen LogP contribution is 2.25. The lowest BCUT2D eigenvalue weighted by molar-refractivity contribution is -0.387. The van der Waals surface area contributed by atoms with Crippen LogP contribution in [0.5, 0.6) is 0 Å². The smallest absolute Gasteiger partial charge is 0.307 e. The maximum absolute atomic E-state index is 13.8. The van der Waals surface area contributed by atoms with Gasteiger partial charge in [0.25, 0.3) is 5.91 Å². The van der Waals surface area contributed by atoms with Crippen LogP contribution in [0, 0.1) is 27.7 Å². The summed E-state index contributed by atoms with van der Waals surface area (Å²) < 4.78 is 27.3. The molecule has 0 saturated carbocycles. The number of aliphatic hydroxyl groups is 1. The quantitative estimate of drug-likeness (QED) is 0.678. The van der Waals surface area contributed by atoms with Gasteiger partial charge >= 0.3 is 5.69 Å². The van der Waals surface area contributed by atoms with Gasteiger partial charge in [0, 0.05) is 19.7 Å². The second-order valence-electron chi connectivity index (χ2n) is 4.96. The van der Waals surface area contributed by atoms with Crippen molar-refractivity contribution in [2.45, 2.75) is 12.8 Å². The number of benzene rings is 1.